The second-order valence-corrected chi connectivity index (χ2v) is 3.80. The standard InChI is InChI=1S/C9H8BrClN2O2/c1-6-7(3-2-4-10)5-12-9(11)8(6)13(14)15/h2-3,5H,4H2,1H3. The summed E-state index contributed by atoms with van der Waals surface area (Å²) in [4.78, 5) is 14.0. The lowest BCUT2D eigenvalue weighted by Crippen LogP contribution is -1.97. The molecule has 0 aromatic carbocycles. The zero-order valence-electron chi connectivity index (χ0n) is 7.91. The summed E-state index contributed by atoms with van der Waals surface area (Å²) < 4.78 is 0. The summed E-state index contributed by atoms with van der Waals surface area (Å²) in [6.07, 6.45) is 5.12. The third-order valence-corrected chi connectivity index (χ3v) is 2.52. The van der Waals surface area contributed by atoms with E-state index in [1.165, 1.54) is 6.20 Å². The average Bonchev–Trinajstić information content (AvgIpc) is 2.16. The van der Waals surface area contributed by atoms with Gasteiger partial charge in [-0.1, -0.05) is 39.7 Å². The fraction of sp³-hybridized carbons (Fsp3) is 0.222. The van der Waals surface area contributed by atoms with E-state index < -0.39 is 4.92 Å². The van der Waals surface area contributed by atoms with Gasteiger partial charge in [0.15, 0.2) is 0 Å². The van der Waals surface area contributed by atoms with Crippen LogP contribution in [0.3, 0.4) is 0 Å². The number of nitro groups is 1. The smallest absolute Gasteiger partial charge is 0.258 e. The maximum atomic E-state index is 10.7. The minimum atomic E-state index is -0.518. The van der Waals surface area contributed by atoms with E-state index >= 15 is 0 Å². The first kappa shape index (κ1) is 12.1. The Kier molecular flexibility index (Phi) is 4.23. The minimum Gasteiger partial charge on any atom is -0.258 e. The van der Waals surface area contributed by atoms with Crippen molar-refractivity contribution in [3.05, 3.63) is 38.7 Å². The van der Waals surface area contributed by atoms with Gasteiger partial charge >= 0.3 is 5.69 Å². The highest BCUT2D eigenvalue weighted by Crippen LogP contribution is 2.28. The largest absolute Gasteiger partial charge is 0.309 e. The first-order valence-electron chi connectivity index (χ1n) is 4.10. The van der Waals surface area contributed by atoms with Gasteiger partial charge in [0.25, 0.3) is 0 Å². The zero-order chi connectivity index (χ0) is 11.4. The maximum Gasteiger partial charge on any atom is 0.309 e. The molecule has 1 rings (SSSR count). The highest BCUT2D eigenvalue weighted by molar-refractivity contribution is 9.09. The topological polar surface area (TPSA) is 56.0 Å². The van der Waals surface area contributed by atoms with Gasteiger partial charge in [0.1, 0.15) is 0 Å². The molecule has 0 atom stereocenters. The van der Waals surface area contributed by atoms with Crippen molar-refractivity contribution in [3.63, 3.8) is 0 Å². The van der Waals surface area contributed by atoms with E-state index in [-0.39, 0.29) is 10.8 Å². The molecule has 0 aliphatic carbocycles. The summed E-state index contributed by atoms with van der Waals surface area (Å²) in [6.45, 7) is 1.65. The summed E-state index contributed by atoms with van der Waals surface area (Å²) in [5.74, 6) is 0. The molecule has 80 valence electrons. The van der Waals surface area contributed by atoms with Crippen LogP contribution in [0.1, 0.15) is 11.1 Å². The Labute approximate surface area is 100 Å². The van der Waals surface area contributed by atoms with E-state index in [9.17, 15) is 10.1 Å². The van der Waals surface area contributed by atoms with Gasteiger partial charge in [-0.2, -0.15) is 0 Å². The number of pyridine rings is 1. The Morgan fingerprint density at radius 3 is 2.93 bits per heavy atom. The number of hydrogen-bond donors (Lipinski definition) is 0. The van der Waals surface area contributed by atoms with Crippen LogP contribution < -0.4 is 0 Å². The molecule has 0 unspecified atom stereocenters. The van der Waals surface area contributed by atoms with Crippen molar-refractivity contribution in [1.82, 2.24) is 4.98 Å². The van der Waals surface area contributed by atoms with E-state index in [1.54, 1.807) is 13.0 Å². The van der Waals surface area contributed by atoms with Crippen LogP contribution in [0, 0.1) is 17.0 Å². The molecule has 0 aliphatic rings. The summed E-state index contributed by atoms with van der Waals surface area (Å²) in [5, 5.41) is 11.3. The summed E-state index contributed by atoms with van der Waals surface area (Å²) in [5.41, 5.74) is 1.09. The number of aromatic nitrogens is 1. The molecule has 0 fully saturated rings. The lowest BCUT2D eigenvalue weighted by atomic mass is 10.1. The van der Waals surface area contributed by atoms with Crippen LogP contribution >= 0.6 is 27.5 Å². The molecule has 4 nitrogen and oxygen atoms in total. The Morgan fingerprint density at radius 2 is 2.40 bits per heavy atom. The quantitative estimate of drug-likeness (QED) is 0.371. The van der Waals surface area contributed by atoms with E-state index in [0.717, 1.165) is 0 Å². The van der Waals surface area contributed by atoms with Crippen molar-refractivity contribution in [1.29, 1.82) is 0 Å². The molecule has 1 aromatic rings. The Bertz CT molecular complexity index is 421. The third kappa shape index (κ3) is 2.76. The number of rotatable bonds is 3. The van der Waals surface area contributed by atoms with Crippen LogP contribution in [0.15, 0.2) is 12.3 Å². The predicted octanol–water partition coefficient (Wildman–Crippen LogP) is 3.36. The molecule has 0 aliphatic heterocycles. The molecule has 0 amide bonds. The monoisotopic (exact) mass is 290 g/mol. The highest BCUT2D eigenvalue weighted by Gasteiger charge is 2.19. The number of alkyl halides is 1. The van der Waals surface area contributed by atoms with E-state index in [1.807, 2.05) is 6.08 Å². The first-order valence-corrected chi connectivity index (χ1v) is 5.60. The number of allylic oxidation sites excluding steroid dienone is 1. The lowest BCUT2D eigenvalue weighted by Gasteiger charge is -2.02. The van der Waals surface area contributed by atoms with Crippen LogP contribution in [-0.2, 0) is 0 Å². The van der Waals surface area contributed by atoms with Gasteiger partial charge in [0.05, 0.1) is 4.92 Å². The molecule has 0 N–H and O–H groups in total. The number of halogens is 2. The Morgan fingerprint density at radius 1 is 1.73 bits per heavy atom. The molecule has 6 heteroatoms. The van der Waals surface area contributed by atoms with Crippen LogP contribution in [0.25, 0.3) is 6.08 Å². The van der Waals surface area contributed by atoms with Crippen molar-refractivity contribution >= 4 is 39.3 Å². The average molecular weight is 292 g/mol. The number of hydrogen-bond acceptors (Lipinski definition) is 3. The molecule has 0 bridgehead atoms. The molecule has 0 spiro atoms. The minimum absolute atomic E-state index is 0.0755. The van der Waals surface area contributed by atoms with Crippen molar-refractivity contribution in [2.75, 3.05) is 5.33 Å². The normalized spacial score (nSPS) is 10.9. The van der Waals surface area contributed by atoms with Gasteiger partial charge in [-0.25, -0.2) is 4.98 Å². The van der Waals surface area contributed by atoms with Crippen molar-refractivity contribution < 1.29 is 4.92 Å². The first-order chi connectivity index (χ1) is 7.07. The van der Waals surface area contributed by atoms with E-state index in [2.05, 4.69) is 20.9 Å². The van der Waals surface area contributed by atoms with Gasteiger partial charge in [0, 0.05) is 22.7 Å². The molecule has 0 radical (unpaired) electrons. The van der Waals surface area contributed by atoms with E-state index in [4.69, 9.17) is 11.6 Å². The van der Waals surface area contributed by atoms with Gasteiger partial charge in [0.2, 0.25) is 5.15 Å². The van der Waals surface area contributed by atoms with Crippen molar-refractivity contribution in [3.8, 4) is 0 Å². The van der Waals surface area contributed by atoms with Gasteiger partial charge < -0.3 is 0 Å². The van der Waals surface area contributed by atoms with Crippen LogP contribution in [0.5, 0.6) is 0 Å². The SMILES string of the molecule is Cc1c(C=CCBr)cnc(Cl)c1[N+](=O)[O-]. The lowest BCUT2D eigenvalue weighted by molar-refractivity contribution is -0.385. The molecule has 1 aromatic heterocycles. The Balaban J connectivity index is 3.28. The molecule has 1 heterocycles. The summed E-state index contributed by atoms with van der Waals surface area (Å²) in [6, 6.07) is 0. The highest BCUT2D eigenvalue weighted by atomic mass is 79.9. The second-order valence-electron chi connectivity index (χ2n) is 2.79. The molecule has 0 saturated heterocycles. The fourth-order valence-corrected chi connectivity index (χ4v) is 1.57. The molecule has 0 saturated carbocycles. The van der Waals surface area contributed by atoms with Crippen molar-refractivity contribution in [2.24, 2.45) is 0 Å². The zero-order valence-corrected chi connectivity index (χ0v) is 10.2. The van der Waals surface area contributed by atoms with Crippen LogP contribution in [0.4, 0.5) is 5.69 Å². The van der Waals surface area contributed by atoms with Crippen molar-refractivity contribution in [2.45, 2.75) is 6.92 Å². The van der Waals surface area contributed by atoms with Gasteiger partial charge in [-0.3, -0.25) is 10.1 Å². The summed E-state index contributed by atoms with van der Waals surface area (Å²) >= 11 is 8.87. The van der Waals surface area contributed by atoms with Gasteiger partial charge in [-0.15, -0.1) is 0 Å². The fourth-order valence-electron chi connectivity index (χ4n) is 1.13. The van der Waals surface area contributed by atoms with E-state index in [0.29, 0.717) is 16.5 Å². The van der Waals surface area contributed by atoms with Gasteiger partial charge in [-0.05, 0) is 6.92 Å². The molecular weight excluding hydrogens is 283 g/mol. The van der Waals surface area contributed by atoms with Crippen LogP contribution in [-0.4, -0.2) is 15.2 Å². The Hall–Kier alpha value is -0.940. The number of nitrogens with zero attached hydrogens (tertiary/aromatic N) is 2. The molecular formula is C9H8BrClN2O2. The third-order valence-electron chi connectivity index (χ3n) is 1.87. The summed E-state index contributed by atoms with van der Waals surface area (Å²) in [7, 11) is 0. The molecule has 15 heavy (non-hydrogen) atoms. The van der Waals surface area contributed by atoms with Crippen LogP contribution in [0.2, 0.25) is 5.15 Å². The second kappa shape index (κ2) is 5.23. The predicted molar refractivity (Wildman–Crippen MR) is 63.5 cm³/mol. The maximum absolute atomic E-state index is 10.7.